The predicted molar refractivity (Wildman–Crippen MR) is 157 cm³/mol. The topological polar surface area (TPSA) is 68.3 Å². The Labute approximate surface area is 221 Å². The summed E-state index contributed by atoms with van der Waals surface area (Å²) in [6, 6.07) is 0. The molecular formula is C31H66O4. The normalized spacial score (nSPS) is 12.2. The van der Waals surface area contributed by atoms with Gasteiger partial charge in [0.15, 0.2) is 5.78 Å². The molecule has 0 bridgehead atoms. The molecule has 35 heavy (non-hydrogen) atoms. The van der Waals surface area contributed by atoms with E-state index < -0.39 is 0 Å². The molecule has 1 rings (SSSR count). The van der Waals surface area contributed by atoms with Gasteiger partial charge in [-0.25, -0.2) is 0 Å². The van der Waals surface area contributed by atoms with Gasteiger partial charge in [0.1, 0.15) is 12.6 Å². The number of carbonyl (C=O) groups is 4. The van der Waals surface area contributed by atoms with E-state index in [1.165, 1.54) is 65.2 Å². The van der Waals surface area contributed by atoms with Gasteiger partial charge in [-0.15, -0.1) is 0 Å². The fourth-order valence-electron chi connectivity index (χ4n) is 2.83. The highest BCUT2D eigenvalue weighted by Crippen LogP contribution is 2.22. The largest absolute Gasteiger partial charge is 0.304 e. The first-order valence-corrected chi connectivity index (χ1v) is 14.5. The van der Waals surface area contributed by atoms with Gasteiger partial charge in [0.25, 0.3) is 0 Å². The molecule has 4 nitrogen and oxygen atoms in total. The van der Waals surface area contributed by atoms with Crippen LogP contribution in [-0.2, 0) is 19.2 Å². The number of ketones is 2. The third-order valence-corrected chi connectivity index (χ3v) is 4.71. The number of Topliss-reactive ketones (excluding diaryl/α,β-unsaturated/α-hetero) is 2. The maximum atomic E-state index is 10.9. The van der Waals surface area contributed by atoms with Crippen LogP contribution in [0.25, 0.3) is 0 Å². The molecule has 0 radical (unpaired) electrons. The summed E-state index contributed by atoms with van der Waals surface area (Å²) >= 11 is 0. The van der Waals surface area contributed by atoms with Gasteiger partial charge in [-0.1, -0.05) is 134 Å². The fourth-order valence-corrected chi connectivity index (χ4v) is 2.83. The van der Waals surface area contributed by atoms with Crippen LogP contribution < -0.4 is 0 Å². The molecule has 1 saturated carbocycles. The molecule has 1 aliphatic rings. The predicted octanol–water partition coefficient (Wildman–Crippen LogP) is 9.85. The summed E-state index contributed by atoms with van der Waals surface area (Å²) in [5.41, 5.74) is 0. The maximum Gasteiger partial charge on any atom is 0.200 e. The molecule has 0 spiro atoms. The molecule has 0 heterocycles. The first kappa shape index (κ1) is 46.9. The molecule has 0 amide bonds. The Morgan fingerprint density at radius 3 is 1.40 bits per heavy atom. The highest BCUT2D eigenvalue weighted by atomic mass is 16.2. The molecule has 0 aromatic heterocycles. The lowest BCUT2D eigenvalue weighted by Gasteiger charge is -2.15. The highest BCUT2D eigenvalue weighted by molar-refractivity contribution is 6.36. The lowest BCUT2D eigenvalue weighted by Crippen LogP contribution is -2.18. The summed E-state index contributed by atoms with van der Waals surface area (Å²) in [7, 11) is 0. The molecule has 1 aliphatic carbocycles. The van der Waals surface area contributed by atoms with E-state index in [-0.39, 0.29) is 17.5 Å². The minimum atomic E-state index is -0.319. The van der Waals surface area contributed by atoms with Crippen LogP contribution in [-0.4, -0.2) is 24.1 Å². The molecule has 0 aromatic rings. The molecular weight excluding hydrogens is 436 g/mol. The number of unbranched alkanes of at least 4 members (excludes halogenated alkanes) is 1. The molecule has 4 heteroatoms. The summed E-state index contributed by atoms with van der Waals surface area (Å²) in [5.74, 6) is 1.30. The van der Waals surface area contributed by atoms with E-state index >= 15 is 0 Å². The Balaban J connectivity index is -0.0000000757. The van der Waals surface area contributed by atoms with Crippen molar-refractivity contribution in [2.24, 2.45) is 17.8 Å². The van der Waals surface area contributed by atoms with Crippen molar-refractivity contribution in [2.75, 3.05) is 0 Å². The Morgan fingerprint density at radius 1 is 0.829 bits per heavy atom. The van der Waals surface area contributed by atoms with E-state index in [2.05, 4.69) is 27.7 Å². The number of hydrogen-bond acceptors (Lipinski definition) is 4. The maximum absolute atomic E-state index is 10.9. The summed E-state index contributed by atoms with van der Waals surface area (Å²) in [6.45, 7) is 25.5. The second-order valence-electron chi connectivity index (χ2n) is 8.70. The van der Waals surface area contributed by atoms with Gasteiger partial charge in [0.05, 0.1) is 0 Å². The van der Waals surface area contributed by atoms with Crippen LogP contribution in [0, 0.1) is 17.8 Å². The third-order valence-electron chi connectivity index (χ3n) is 4.71. The first-order valence-electron chi connectivity index (χ1n) is 14.5. The zero-order valence-electron chi connectivity index (χ0n) is 26.3. The lowest BCUT2D eigenvalue weighted by atomic mass is 9.91. The van der Waals surface area contributed by atoms with E-state index in [0.29, 0.717) is 6.42 Å². The molecule has 1 unspecified atom stereocenters. The standard InChI is InChI=1S/C8H14O2.C7H14.C7H16.C3H6O.C2H4O.2C2H6/c1-4-5-6(2)8(10)7(3)9;1-7-5-3-2-4-6-7;1-4-5-6-7(2)3;1-2-3-4;1-2-3;2*1-2/h6H,4-5H2,1-3H3;7H,2-6H2,1H3;7H,4-6H2,1-3H3;3H,2H2,1H3;2H,1H3;2*1-2H3. The first-order chi connectivity index (χ1) is 16.6. The number of rotatable bonds is 8. The molecule has 0 aliphatic heterocycles. The Kier molecular flexibility index (Phi) is 61.8. The van der Waals surface area contributed by atoms with Crippen molar-refractivity contribution in [1.82, 2.24) is 0 Å². The molecule has 1 atom stereocenters. The van der Waals surface area contributed by atoms with Crippen molar-refractivity contribution in [2.45, 2.75) is 161 Å². The van der Waals surface area contributed by atoms with Crippen molar-refractivity contribution in [3.63, 3.8) is 0 Å². The van der Waals surface area contributed by atoms with Crippen molar-refractivity contribution in [3.8, 4) is 0 Å². The fraction of sp³-hybridized carbons (Fsp3) is 0.871. The van der Waals surface area contributed by atoms with Gasteiger partial charge in [0, 0.05) is 19.3 Å². The smallest absolute Gasteiger partial charge is 0.200 e. The van der Waals surface area contributed by atoms with Crippen LogP contribution in [0.5, 0.6) is 0 Å². The highest BCUT2D eigenvalue weighted by Gasteiger charge is 2.15. The molecule has 1 fully saturated rings. The van der Waals surface area contributed by atoms with Crippen molar-refractivity contribution in [1.29, 1.82) is 0 Å². The van der Waals surface area contributed by atoms with Crippen molar-refractivity contribution in [3.05, 3.63) is 0 Å². The van der Waals surface area contributed by atoms with Gasteiger partial charge in [0.2, 0.25) is 5.78 Å². The zero-order chi connectivity index (χ0) is 29.1. The minimum Gasteiger partial charge on any atom is -0.304 e. The van der Waals surface area contributed by atoms with E-state index in [4.69, 9.17) is 4.79 Å². The monoisotopic (exact) mass is 502 g/mol. The summed E-state index contributed by atoms with van der Waals surface area (Å²) in [4.78, 5) is 39.4. The van der Waals surface area contributed by atoms with Crippen LogP contribution in [0.3, 0.4) is 0 Å². The van der Waals surface area contributed by atoms with Crippen molar-refractivity contribution >= 4 is 24.1 Å². The van der Waals surface area contributed by atoms with Crippen molar-refractivity contribution < 1.29 is 19.2 Å². The SMILES string of the molecule is CC.CC.CC1CCCCC1.CC=O.CCC=O.CCCC(C)C(=O)C(C)=O.CCCCC(C)C. The van der Waals surface area contributed by atoms with E-state index in [9.17, 15) is 14.4 Å². The van der Waals surface area contributed by atoms with Crippen LogP contribution in [0.4, 0.5) is 0 Å². The van der Waals surface area contributed by atoms with E-state index in [1.807, 2.05) is 41.5 Å². The number of carbonyl (C=O) groups excluding carboxylic acids is 4. The van der Waals surface area contributed by atoms with Crippen LogP contribution >= 0.6 is 0 Å². The Morgan fingerprint density at radius 2 is 1.23 bits per heavy atom. The van der Waals surface area contributed by atoms with Gasteiger partial charge >= 0.3 is 0 Å². The second-order valence-corrected chi connectivity index (χ2v) is 8.70. The van der Waals surface area contributed by atoms with Gasteiger partial charge < -0.3 is 9.59 Å². The molecule has 214 valence electrons. The number of hydrogen-bond donors (Lipinski definition) is 0. The van der Waals surface area contributed by atoms with Crippen LogP contribution in [0.1, 0.15) is 161 Å². The Hall–Kier alpha value is -1.32. The Bertz CT molecular complexity index is 397. The van der Waals surface area contributed by atoms with Crippen LogP contribution in [0.15, 0.2) is 0 Å². The zero-order valence-corrected chi connectivity index (χ0v) is 26.3. The third kappa shape index (κ3) is 59.8. The second kappa shape index (κ2) is 46.1. The molecule has 0 saturated heterocycles. The molecule has 0 N–H and O–H groups in total. The average molecular weight is 503 g/mol. The average Bonchev–Trinajstić information content (AvgIpc) is 2.86. The van der Waals surface area contributed by atoms with Gasteiger partial charge in [-0.2, -0.15) is 0 Å². The van der Waals surface area contributed by atoms with Gasteiger partial charge in [-0.3, -0.25) is 9.59 Å². The summed E-state index contributed by atoms with van der Waals surface area (Å²) in [5, 5.41) is 0. The van der Waals surface area contributed by atoms with E-state index in [0.717, 1.165) is 37.2 Å². The quantitative estimate of drug-likeness (QED) is 0.244. The summed E-state index contributed by atoms with van der Waals surface area (Å²) in [6.07, 6.45) is 15.6. The minimum absolute atomic E-state index is 0.0810. The summed E-state index contributed by atoms with van der Waals surface area (Å²) < 4.78 is 0. The van der Waals surface area contributed by atoms with E-state index in [1.54, 1.807) is 6.92 Å². The molecule has 0 aromatic carbocycles. The van der Waals surface area contributed by atoms with Crippen LogP contribution in [0.2, 0.25) is 0 Å². The lowest BCUT2D eigenvalue weighted by molar-refractivity contribution is -0.137. The number of aldehydes is 2. The van der Waals surface area contributed by atoms with Gasteiger partial charge in [-0.05, 0) is 25.2 Å².